The van der Waals surface area contributed by atoms with Gasteiger partial charge in [-0.05, 0) is 25.8 Å². The fourth-order valence-corrected chi connectivity index (χ4v) is 4.39. The second kappa shape index (κ2) is 7.95. The quantitative estimate of drug-likeness (QED) is 0.378. The first-order valence-corrected chi connectivity index (χ1v) is 9.35. The van der Waals surface area contributed by atoms with Crippen molar-refractivity contribution in [3.05, 3.63) is 0 Å². The number of nitrogens with two attached hydrogens (primary N) is 1. The molecule has 3 N–H and O–H groups in total. The topological polar surface area (TPSA) is 97.0 Å². The molecule has 0 spiro atoms. The predicted octanol–water partition coefficient (Wildman–Crippen LogP) is -0.810. The Labute approximate surface area is 126 Å². The number of hydrogen-bond acceptors (Lipinski definition) is 5. The summed E-state index contributed by atoms with van der Waals surface area (Å²) in [5.74, 6) is 0.638. The highest BCUT2D eigenvalue weighted by molar-refractivity contribution is 7.92. The van der Waals surface area contributed by atoms with Crippen LogP contribution in [0.4, 0.5) is 0 Å². The van der Waals surface area contributed by atoms with Crippen LogP contribution in [0, 0.1) is 0 Å². The molecule has 2 aliphatic heterocycles. The minimum atomic E-state index is -2.93. The maximum Gasteiger partial charge on any atom is 0.188 e. The van der Waals surface area contributed by atoms with E-state index in [0.717, 1.165) is 52.2 Å². The molecular weight excluding hydrogens is 292 g/mol. The molecule has 0 radical (unpaired) electrons. The first-order chi connectivity index (χ1) is 10.1. The standard InChI is InChI=1S/C13H26N4O3S/c14-13(16-11-12-3-1-10-21(12,18)19)15-4-2-5-17-6-8-20-9-7-17/h12H,1-11H2,(H3,14,15,16). The maximum atomic E-state index is 11.7. The molecule has 8 heteroatoms. The second-order valence-corrected chi connectivity index (χ2v) is 7.99. The van der Waals surface area contributed by atoms with E-state index in [4.69, 9.17) is 10.5 Å². The SMILES string of the molecule is NC(=NCC1CCCS1(=O)=O)NCCCN1CCOCC1. The summed E-state index contributed by atoms with van der Waals surface area (Å²) in [4.78, 5) is 6.52. The predicted molar refractivity (Wildman–Crippen MR) is 83.2 cm³/mol. The Kier molecular flexibility index (Phi) is 6.25. The summed E-state index contributed by atoms with van der Waals surface area (Å²) in [7, 11) is -2.93. The zero-order chi connectivity index (χ0) is 15.1. The van der Waals surface area contributed by atoms with Crippen molar-refractivity contribution < 1.29 is 13.2 Å². The number of nitrogens with one attached hydrogen (secondary N) is 1. The molecule has 2 saturated heterocycles. The largest absolute Gasteiger partial charge is 0.379 e. The lowest BCUT2D eigenvalue weighted by Gasteiger charge is -2.26. The summed E-state index contributed by atoms with van der Waals surface area (Å²) in [6, 6.07) is 0. The zero-order valence-corrected chi connectivity index (χ0v) is 13.3. The summed E-state index contributed by atoms with van der Waals surface area (Å²) in [6.07, 6.45) is 2.43. The number of morpholine rings is 1. The van der Waals surface area contributed by atoms with Crippen LogP contribution in [0.1, 0.15) is 19.3 Å². The lowest BCUT2D eigenvalue weighted by atomic mass is 10.2. The highest BCUT2D eigenvalue weighted by atomic mass is 32.2. The van der Waals surface area contributed by atoms with E-state index < -0.39 is 9.84 Å². The van der Waals surface area contributed by atoms with Gasteiger partial charge in [0.25, 0.3) is 0 Å². The van der Waals surface area contributed by atoms with Crippen LogP contribution in [0.2, 0.25) is 0 Å². The molecule has 1 unspecified atom stereocenters. The van der Waals surface area contributed by atoms with Crippen molar-refractivity contribution >= 4 is 15.8 Å². The molecule has 0 bridgehead atoms. The Balaban J connectivity index is 1.60. The van der Waals surface area contributed by atoms with E-state index in [9.17, 15) is 8.42 Å². The van der Waals surface area contributed by atoms with E-state index in [1.54, 1.807) is 0 Å². The molecular formula is C13H26N4O3S. The number of ether oxygens (including phenoxy) is 1. The minimum absolute atomic E-state index is 0.282. The van der Waals surface area contributed by atoms with Crippen molar-refractivity contribution in [1.29, 1.82) is 0 Å². The molecule has 2 aliphatic rings. The second-order valence-electron chi connectivity index (χ2n) is 5.59. The van der Waals surface area contributed by atoms with E-state index in [1.165, 1.54) is 0 Å². The summed E-state index contributed by atoms with van der Waals surface area (Å²) in [5, 5.41) is 2.71. The average Bonchev–Trinajstić information content (AvgIpc) is 2.81. The van der Waals surface area contributed by atoms with Crippen LogP contribution >= 0.6 is 0 Å². The summed E-state index contributed by atoms with van der Waals surface area (Å²) in [6.45, 7) is 5.65. The molecule has 0 aromatic carbocycles. The molecule has 2 heterocycles. The van der Waals surface area contributed by atoms with E-state index in [1.807, 2.05) is 0 Å². The van der Waals surface area contributed by atoms with Crippen molar-refractivity contribution in [3.8, 4) is 0 Å². The lowest BCUT2D eigenvalue weighted by Crippen LogP contribution is -2.39. The molecule has 0 amide bonds. The van der Waals surface area contributed by atoms with Crippen molar-refractivity contribution in [3.63, 3.8) is 0 Å². The van der Waals surface area contributed by atoms with Gasteiger partial charge in [0.15, 0.2) is 15.8 Å². The first kappa shape index (κ1) is 16.5. The third-order valence-corrected chi connectivity index (χ3v) is 6.25. The summed E-state index contributed by atoms with van der Waals surface area (Å²) >= 11 is 0. The van der Waals surface area contributed by atoms with E-state index in [0.29, 0.717) is 18.1 Å². The van der Waals surface area contributed by atoms with Crippen LogP contribution < -0.4 is 11.1 Å². The fraction of sp³-hybridized carbons (Fsp3) is 0.923. The molecule has 21 heavy (non-hydrogen) atoms. The number of aliphatic imine (C=N–C) groups is 1. The van der Waals surface area contributed by atoms with Gasteiger partial charge in [0, 0.05) is 19.6 Å². The Morgan fingerprint density at radius 1 is 1.38 bits per heavy atom. The number of hydrogen-bond donors (Lipinski definition) is 2. The van der Waals surface area contributed by atoms with Gasteiger partial charge in [-0.25, -0.2) is 8.42 Å². The van der Waals surface area contributed by atoms with E-state index in [2.05, 4.69) is 15.2 Å². The highest BCUT2D eigenvalue weighted by Gasteiger charge is 2.30. The number of sulfone groups is 1. The Morgan fingerprint density at radius 2 is 2.14 bits per heavy atom. The molecule has 7 nitrogen and oxygen atoms in total. The van der Waals surface area contributed by atoms with Crippen molar-refractivity contribution in [1.82, 2.24) is 10.2 Å². The van der Waals surface area contributed by atoms with Crippen LogP contribution in [0.25, 0.3) is 0 Å². The van der Waals surface area contributed by atoms with Crippen molar-refractivity contribution in [2.45, 2.75) is 24.5 Å². The third kappa shape index (κ3) is 5.44. The number of rotatable bonds is 6. The normalized spacial score (nSPS) is 26.9. The molecule has 0 saturated carbocycles. The minimum Gasteiger partial charge on any atom is -0.379 e. The molecule has 0 aromatic heterocycles. The molecule has 1 atom stereocenters. The van der Waals surface area contributed by atoms with Crippen LogP contribution in [-0.2, 0) is 14.6 Å². The van der Waals surface area contributed by atoms with E-state index in [-0.39, 0.29) is 11.8 Å². The Hall–Kier alpha value is -0.860. The highest BCUT2D eigenvalue weighted by Crippen LogP contribution is 2.19. The van der Waals surface area contributed by atoms with Gasteiger partial charge >= 0.3 is 0 Å². The smallest absolute Gasteiger partial charge is 0.188 e. The molecule has 2 rings (SSSR count). The van der Waals surface area contributed by atoms with Crippen molar-refractivity contribution in [2.24, 2.45) is 10.7 Å². The molecule has 122 valence electrons. The van der Waals surface area contributed by atoms with Crippen LogP contribution in [0.15, 0.2) is 4.99 Å². The first-order valence-electron chi connectivity index (χ1n) is 7.63. The molecule has 0 aliphatic carbocycles. The summed E-state index contributed by atoms with van der Waals surface area (Å²) < 4.78 is 28.6. The Bertz CT molecular complexity index is 446. The number of guanidine groups is 1. The van der Waals surface area contributed by atoms with Gasteiger partial charge in [0.2, 0.25) is 0 Å². The van der Waals surface area contributed by atoms with Gasteiger partial charge < -0.3 is 15.8 Å². The average molecular weight is 318 g/mol. The molecule has 0 aromatic rings. The van der Waals surface area contributed by atoms with Gasteiger partial charge in [-0.2, -0.15) is 0 Å². The lowest BCUT2D eigenvalue weighted by molar-refractivity contribution is 0.0376. The van der Waals surface area contributed by atoms with Crippen LogP contribution in [0.5, 0.6) is 0 Å². The van der Waals surface area contributed by atoms with Gasteiger partial charge in [0.1, 0.15) is 0 Å². The van der Waals surface area contributed by atoms with Crippen molar-refractivity contribution in [2.75, 3.05) is 51.7 Å². The molecule has 2 fully saturated rings. The van der Waals surface area contributed by atoms with Crippen LogP contribution in [-0.4, -0.2) is 76.2 Å². The number of nitrogens with zero attached hydrogens (tertiary/aromatic N) is 2. The van der Waals surface area contributed by atoms with E-state index >= 15 is 0 Å². The van der Waals surface area contributed by atoms with Gasteiger partial charge in [-0.1, -0.05) is 0 Å². The third-order valence-electron chi connectivity index (χ3n) is 3.99. The monoisotopic (exact) mass is 318 g/mol. The van der Waals surface area contributed by atoms with Gasteiger partial charge in [-0.15, -0.1) is 0 Å². The van der Waals surface area contributed by atoms with Gasteiger partial charge in [-0.3, -0.25) is 9.89 Å². The summed E-state index contributed by atoms with van der Waals surface area (Å²) in [5.41, 5.74) is 5.77. The maximum absolute atomic E-state index is 11.7. The zero-order valence-electron chi connectivity index (χ0n) is 12.5. The van der Waals surface area contributed by atoms with Gasteiger partial charge in [0.05, 0.1) is 30.8 Å². The van der Waals surface area contributed by atoms with Crippen LogP contribution in [0.3, 0.4) is 0 Å². The Morgan fingerprint density at radius 3 is 2.81 bits per heavy atom. The fourth-order valence-electron chi connectivity index (χ4n) is 2.66.